The summed E-state index contributed by atoms with van der Waals surface area (Å²) in [5.41, 5.74) is 0. The van der Waals surface area contributed by atoms with E-state index in [0.29, 0.717) is 11.8 Å². The monoisotopic (exact) mass is 221 g/mol. The Morgan fingerprint density at radius 1 is 1.46 bits per heavy atom. The molecule has 1 fully saturated rings. The van der Waals surface area contributed by atoms with Crippen molar-refractivity contribution >= 4 is 24.0 Å². The number of nitrogens with zero attached hydrogens (tertiary/aromatic N) is 3. The lowest BCUT2D eigenvalue weighted by Gasteiger charge is -2.23. The molecule has 3 nitrogen and oxygen atoms in total. The number of aromatic nitrogens is 3. The number of hydrogen-bond acceptors (Lipinski definition) is 2. The first-order valence-corrected chi connectivity index (χ1v) is 4.80. The van der Waals surface area contributed by atoms with E-state index in [1.807, 2.05) is 11.6 Å². The van der Waals surface area contributed by atoms with Gasteiger partial charge in [0.25, 0.3) is 0 Å². The topological polar surface area (TPSA) is 30.7 Å². The zero-order valence-corrected chi connectivity index (χ0v) is 9.11. The van der Waals surface area contributed by atoms with Crippen LogP contribution in [0, 0.1) is 0 Å². The molecule has 74 valence electrons. The third-order valence-corrected chi connectivity index (χ3v) is 2.83. The molecule has 2 rings (SSSR count). The highest BCUT2D eigenvalue weighted by atomic mass is 35.5. The highest BCUT2D eigenvalue weighted by Gasteiger charge is 2.24. The zero-order chi connectivity index (χ0) is 8.55. The second-order valence-electron chi connectivity index (χ2n) is 3.29. The summed E-state index contributed by atoms with van der Waals surface area (Å²) < 4.78 is 2.02. The van der Waals surface area contributed by atoms with Gasteiger partial charge < -0.3 is 4.57 Å². The zero-order valence-electron chi connectivity index (χ0n) is 7.53. The first-order chi connectivity index (χ1) is 5.83. The van der Waals surface area contributed by atoms with E-state index in [0.717, 1.165) is 11.6 Å². The van der Waals surface area contributed by atoms with Gasteiger partial charge in [0.1, 0.15) is 11.6 Å². The molecule has 0 N–H and O–H groups in total. The first kappa shape index (κ1) is 10.8. The smallest absolute Gasteiger partial charge is 0.147 e. The quantitative estimate of drug-likeness (QED) is 0.718. The average Bonchev–Trinajstić information content (AvgIpc) is 2.30. The standard InChI is InChI=1S/C8H12ClN3.ClH/c1-12-7(5-9)10-11-8(12)6-3-2-4-6;/h6H,2-5H2,1H3;1H. The van der Waals surface area contributed by atoms with E-state index in [1.54, 1.807) is 0 Å². The van der Waals surface area contributed by atoms with Crippen LogP contribution in [0.5, 0.6) is 0 Å². The second-order valence-corrected chi connectivity index (χ2v) is 3.56. The van der Waals surface area contributed by atoms with Crippen molar-refractivity contribution < 1.29 is 0 Å². The third kappa shape index (κ3) is 1.81. The first-order valence-electron chi connectivity index (χ1n) is 4.27. The van der Waals surface area contributed by atoms with Crippen LogP contribution in [0.15, 0.2) is 0 Å². The molecule has 0 amide bonds. The lowest BCUT2D eigenvalue weighted by Crippen LogP contribution is -2.14. The Kier molecular flexibility index (Phi) is 3.56. The Hall–Kier alpha value is -0.280. The average molecular weight is 222 g/mol. The second kappa shape index (κ2) is 4.29. The van der Waals surface area contributed by atoms with Crippen LogP contribution in [0.1, 0.15) is 36.8 Å². The fourth-order valence-electron chi connectivity index (χ4n) is 1.51. The minimum atomic E-state index is 0. The van der Waals surface area contributed by atoms with E-state index in [-0.39, 0.29) is 12.4 Å². The van der Waals surface area contributed by atoms with Crippen molar-refractivity contribution in [3.8, 4) is 0 Å². The van der Waals surface area contributed by atoms with Crippen molar-refractivity contribution in [2.24, 2.45) is 7.05 Å². The van der Waals surface area contributed by atoms with Gasteiger partial charge in [-0.05, 0) is 12.8 Å². The fourth-order valence-corrected chi connectivity index (χ4v) is 1.75. The van der Waals surface area contributed by atoms with Crippen LogP contribution in [0.4, 0.5) is 0 Å². The molecule has 0 atom stereocenters. The number of halogens is 2. The predicted molar refractivity (Wildman–Crippen MR) is 54.4 cm³/mol. The Morgan fingerprint density at radius 3 is 2.54 bits per heavy atom. The molecule has 5 heteroatoms. The van der Waals surface area contributed by atoms with Gasteiger partial charge >= 0.3 is 0 Å². The van der Waals surface area contributed by atoms with Crippen molar-refractivity contribution in [1.82, 2.24) is 14.8 Å². The molecule has 0 saturated heterocycles. The Labute approximate surface area is 88.9 Å². The van der Waals surface area contributed by atoms with E-state index in [1.165, 1.54) is 19.3 Å². The van der Waals surface area contributed by atoms with Crippen molar-refractivity contribution in [3.63, 3.8) is 0 Å². The third-order valence-electron chi connectivity index (χ3n) is 2.59. The van der Waals surface area contributed by atoms with Gasteiger partial charge in [0.05, 0.1) is 5.88 Å². The van der Waals surface area contributed by atoms with Gasteiger partial charge in [0.2, 0.25) is 0 Å². The van der Waals surface area contributed by atoms with Crippen molar-refractivity contribution in [3.05, 3.63) is 11.6 Å². The van der Waals surface area contributed by atoms with Crippen LogP contribution in [-0.2, 0) is 12.9 Å². The molecule has 1 aromatic heterocycles. The van der Waals surface area contributed by atoms with Gasteiger partial charge in [0.15, 0.2) is 0 Å². The predicted octanol–water partition coefficient (Wildman–Crippen LogP) is 2.24. The largest absolute Gasteiger partial charge is 0.317 e. The molecule has 1 saturated carbocycles. The Balaban J connectivity index is 0.000000845. The summed E-state index contributed by atoms with van der Waals surface area (Å²) in [7, 11) is 1.99. The lowest BCUT2D eigenvalue weighted by molar-refractivity contribution is 0.391. The summed E-state index contributed by atoms with van der Waals surface area (Å²) in [4.78, 5) is 0. The summed E-state index contributed by atoms with van der Waals surface area (Å²) in [5, 5.41) is 8.16. The molecule has 13 heavy (non-hydrogen) atoms. The highest BCUT2D eigenvalue weighted by Crippen LogP contribution is 2.35. The van der Waals surface area contributed by atoms with E-state index >= 15 is 0 Å². The molecule has 0 spiro atoms. The van der Waals surface area contributed by atoms with Crippen molar-refractivity contribution in [2.45, 2.75) is 31.1 Å². The van der Waals surface area contributed by atoms with Crippen LogP contribution < -0.4 is 0 Å². The minimum absolute atomic E-state index is 0. The fraction of sp³-hybridized carbons (Fsp3) is 0.750. The van der Waals surface area contributed by atoms with Crippen LogP contribution >= 0.6 is 24.0 Å². The normalized spacial score (nSPS) is 16.5. The van der Waals surface area contributed by atoms with Crippen LogP contribution in [0.2, 0.25) is 0 Å². The van der Waals surface area contributed by atoms with Gasteiger partial charge in [-0.15, -0.1) is 34.2 Å². The molecule has 0 unspecified atom stereocenters. The summed E-state index contributed by atoms with van der Waals surface area (Å²) >= 11 is 5.69. The van der Waals surface area contributed by atoms with E-state index in [4.69, 9.17) is 11.6 Å². The highest BCUT2D eigenvalue weighted by molar-refractivity contribution is 6.16. The summed E-state index contributed by atoms with van der Waals surface area (Å²) in [5.74, 6) is 3.07. The van der Waals surface area contributed by atoms with E-state index in [2.05, 4.69) is 10.2 Å². The minimum Gasteiger partial charge on any atom is -0.317 e. The molecule has 0 aliphatic heterocycles. The Morgan fingerprint density at radius 2 is 2.15 bits per heavy atom. The Bertz CT molecular complexity index is 281. The van der Waals surface area contributed by atoms with Gasteiger partial charge in [0, 0.05) is 13.0 Å². The van der Waals surface area contributed by atoms with Gasteiger partial charge in [-0.2, -0.15) is 0 Å². The molecular weight excluding hydrogens is 209 g/mol. The number of alkyl halides is 1. The van der Waals surface area contributed by atoms with E-state index in [9.17, 15) is 0 Å². The summed E-state index contributed by atoms with van der Waals surface area (Å²) in [6.45, 7) is 0. The van der Waals surface area contributed by atoms with Gasteiger partial charge in [-0.25, -0.2) is 0 Å². The molecule has 0 radical (unpaired) electrons. The van der Waals surface area contributed by atoms with Crippen LogP contribution in [-0.4, -0.2) is 14.8 Å². The van der Waals surface area contributed by atoms with E-state index < -0.39 is 0 Å². The van der Waals surface area contributed by atoms with Gasteiger partial charge in [-0.1, -0.05) is 6.42 Å². The maximum absolute atomic E-state index is 5.69. The summed E-state index contributed by atoms with van der Waals surface area (Å²) in [6.07, 6.45) is 3.84. The van der Waals surface area contributed by atoms with Gasteiger partial charge in [-0.3, -0.25) is 0 Å². The molecular formula is C8H13Cl2N3. The maximum Gasteiger partial charge on any atom is 0.147 e. The molecule has 1 aliphatic rings. The van der Waals surface area contributed by atoms with Crippen molar-refractivity contribution in [2.75, 3.05) is 0 Å². The number of rotatable bonds is 2. The van der Waals surface area contributed by atoms with Crippen LogP contribution in [0.3, 0.4) is 0 Å². The summed E-state index contributed by atoms with van der Waals surface area (Å²) in [6, 6.07) is 0. The molecule has 0 bridgehead atoms. The molecule has 1 aromatic rings. The van der Waals surface area contributed by atoms with Crippen LogP contribution in [0.25, 0.3) is 0 Å². The maximum atomic E-state index is 5.69. The molecule has 0 aromatic carbocycles. The van der Waals surface area contributed by atoms with Crippen molar-refractivity contribution in [1.29, 1.82) is 0 Å². The molecule has 1 heterocycles. The number of hydrogen-bond donors (Lipinski definition) is 0. The SMILES string of the molecule is Cl.Cn1c(CCl)nnc1C1CCC1. The lowest BCUT2D eigenvalue weighted by atomic mass is 9.85. The molecule has 1 aliphatic carbocycles.